The molecular formula is C23H20N2. The molecule has 1 aromatic carbocycles. The molecule has 0 N–H and O–H groups in total. The summed E-state index contributed by atoms with van der Waals surface area (Å²) in [5.74, 6) is 0. The molecule has 2 heteroatoms. The van der Waals surface area contributed by atoms with Crippen LogP contribution in [0.25, 0.3) is 27.8 Å². The third-order valence-corrected chi connectivity index (χ3v) is 3.94. The molecule has 0 amide bonds. The maximum atomic E-state index is 4.12. The first-order valence-electron chi connectivity index (χ1n) is 8.23. The van der Waals surface area contributed by atoms with Crippen molar-refractivity contribution >= 4 is 5.57 Å². The lowest BCUT2D eigenvalue weighted by Gasteiger charge is -2.11. The topological polar surface area (TPSA) is 25.8 Å². The Hall–Kier alpha value is -3.26. The molecule has 0 atom stereocenters. The van der Waals surface area contributed by atoms with Gasteiger partial charge in [0.1, 0.15) is 0 Å². The van der Waals surface area contributed by atoms with Crippen LogP contribution < -0.4 is 0 Å². The van der Waals surface area contributed by atoms with E-state index in [0.717, 1.165) is 33.4 Å². The van der Waals surface area contributed by atoms with Crippen molar-refractivity contribution in [1.29, 1.82) is 0 Å². The predicted molar refractivity (Wildman–Crippen MR) is 106 cm³/mol. The number of hydrogen-bond acceptors (Lipinski definition) is 2. The second-order valence-corrected chi connectivity index (χ2v) is 5.63. The molecule has 2 heterocycles. The zero-order valence-corrected chi connectivity index (χ0v) is 14.3. The quantitative estimate of drug-likeness (QED) is 0.541. The van der Waals surface area contributed by atoms with E-state index in [1.54, 1.807) is 0 Å². The van der Waals surface area contributed by atoms with E-state index in [1.165, 1.54) is 0 Å². The highest BCUT2D eigenvalue weighted by molar-refractivity contribution is 5.83. The van der Waals surface area contributed by atoms with Crippen LogP contribution in [0.3, 0.4) is 0 Å². The van der Waals surface area contributed by atoms with Gasteiger partial charge in [-0.1, -0.05) is 30.9 Å². The fraction of sp³-hybridized carbons (Fsp3) is 0.0435. The van der Waals surface area contributed by atoms with Crippen molar-refractivity contribution in [2.75, 3.05) is 0 Å². The van der Waals surface area contributed by atoms with Crippen molar-refractivity contribution in [3.63, 3.8) is 0 Å². The number of allylic oxidation sites excluding steroid dienone is 5. The van der Waals surface area contributed by atoms with Crippen molar-refractivity contribution in [3.05, 3.63) is 104 Å². The molecule has 0 fully saturated rings. The number of pyridine rings is 2. The standard InChI is InChI=1S/C23H20N2/c1-3-5-18(6-4-2)21-15-22(19-7-11-24-12-8-19)17-23(16-21)20-9-13-25-14-10-20/h3-17H,1H2,2H3/b6-4-,18-5+. The van der Waals surface area contributed by atoms with Gasteiger partial charge in [-0.25, -0.2) is 0 Å². The number of rotatable bonds is 5. The van der Waals surface area contributed by atoms with Crippen molar-refractivity contribution in [2.24, 2.45) is 0 Å². The van der Waals surface area contributed by atoms with Gasteiger partial charge in [-0.3, -0.25) is 9.97 Å². The summed E-state index contributed by atoms with van der Waals surface area (Å²) >= 11 is 0. The lowest BCUT2D eigenvalue weighted by molar-refractivity contribution is 1.32. The maximum Gasteiger partial charge on any atom is 0.0273 e. The second kappa shape index (κ2) is 8.02. The molecule has 0 radical (unpaired) electrons. The van der Waals surface area contributed by atoms with Crippen molar-refractivity contribution in [1.82, 2.24) is 9.97 Å². The van der Waals surface area contributed by atoms with E-state index >= 15 is 0 Å². The highest BCUT2D eigenvalue weighted by Crippen LogP contribution is 2.31. The summed E-state index contributed by atoms with van der Waals surface area (Å²) in [6.45, 7) is 5.86. The van der Waals surface area contributed by atoms with Gasteiger partial charge in [-0.2, -0.15) is 0 Å². The largest absolute Gasteiger partial charge is 0.265 e. The Morgan fingerprint density at radius 3 is 1.76 bits per heavy atom. The average molecular weight is 324 g/mol. The molecule has 3 rings (SSSR count). The van der Waals surface area contributed by atoms with Gasteiger partial charge in [0.15, 0.2) is 0 Å². The Kier molecular flexibility index (Phi) is 5.32. The van der Waals surface area contributed by atoms with E-state index in [-0.39, 0.29) is 0 Å². The van der Waals surface area contributed by atoms with Crippen LogP contribution in [0.5, 0.6) is 0 Å². The van der Waals surface area contributed by atoms with Gasteiger partial charge in [0.2, 0.25) is 0 Å². The molecule has 25 heavy (non-hydrogen) atoms. The van der Waals surface area contributed by atoms with Crippen molar-refractivity contribution in [2.45, 2.75) is 6.92 Å². The van der Waals surface area contributed by atoms with Gasteiger partial charge >= 0.3 is 0 Å². The Morgan fingerprint density at radius 1 is 0.800 bits per heavy atom. The van der Waals surface area contributed by atoms with Gasteiger partial charge in [0.05, 0.1) is 0 Å². The number of aromatic nitrogens is 2. The molecule has 0 saturated carbocycles. The molecule has 0 bridgehead atoms. The molecule has 0 saturated heterocycles. The van der Waals surface area contributed by atoms with Crippen molar-refractivity contribution < 1.29 is 0 Å². The molecular weight excluding hydrogens is 304 g/mol. The summed E-state index contributed by atoms with van der Waals surface area (Å²) in [7, 11) is 0. The van der Waals surface area contributed by atoms with Crippen LogP contribution in [-0.2, 0) is 0 Å². The molecule has 3 aromatic rings. The second-order valence-electron chi connectivity index (χ2n) is 5.63. The fourth-order valence-corrected chi connectivity index (χ4v) is 2.77. The van der Waals surface area contributed by atoms with E-state index in [2.05, 4.69) is 40.8 Å². The van der Waals surface area contributed by atoms with E-state index in [9.17, 15) is 0 Å². The minimum atomic E-state index is 1.13. The zero-order chi connectivity index (χ0) is 17.5. The van der Waals surface area contributed by atoms with Crippen LogP contribution in [0.15, 0.2) is 98.1 Å². The number of nitrogens with zero attached hydrogens (tertiary/aromatic N) is 2. The summed E-state index contributed by atoms with van der Waals surface area (Å²) in [6, 6.07) is 14.7. The number of hydrogen-bond donors (Lipinski definition) is 0. The summed E-state index contributed by atoms with van der Waals surface area (Å²) in [5, 5.41) is 0. The smallest absolute Gasteiger partial charge is 0.0273 e. The minimum absolute atomic E-state index is 1.13. The Balaban J connectivity index is 2.21. The zero-order valence-electron chi connectivity index (χ0n) is 14.3. The Bertz CT molecular complexity index is 850. The normalized spacial score (nSPS) is 11.6. The SMILES string of the molecule is C=C/C=C(\C=C/C)c1cc(-c2ccncc2)cc(-c2ccncc2)c1. The Labute approximate surface area is 148 Å². The third kappa shape index (κ3) is 3.99. The summed E-state index contributed by atoms with van der Waals surface area (Å²) in [4.78, 5) is 8.25. The number of benzene rings is 1. The molecule has 0 spiro atoms. The molecule has 0 aliphatic carbocycles. The van der Waals surface area contributed by atoms with Gasteiger partial charge in [-0.05, 0) is 82.8 Å². The summed E-state index contributed by atoms with van der Waals surface area (Å²) in [6.07, 6.45) is 15.3. The summed E-state index contributed by atoms with van der Waals surface area (Å²) < 4.78 is 0. The molecule has 0 unspecified atom stereocenters. The van der Waals surface area contributed by atoms with Gasteiger partial charge in [0.25, 0.3) is 0 Å². The highest BCUT2D eigenvalue weighted by Gasteiger charge is 2.07. The van der Waals surface area contributed by atoms with Gasteiger partial charge in [0, 0.05) is 24.8 Å². The van der Waals surface area contributed by atoms with Gasteiger partial charge < -0.3 is 0 Å². The van der Waals surface area contributed by atoms with Crippen LogP contribution >= 0.6 is 0 Å². The van der Waals surface area contributed by atoms with Crippen LogP contribution in [-0.4, -0.2) is 9.97 Å². The first-order chi connectivity index (χ1) is 12.3. The fourth-order valence-electron chi connectivity index (χ4n) is 2.77. The van der Waals surface area contributed by atoms with Crippen molar-refractivity contribution in [3.8, 4) is 22.3 Å². The lowest BCUT2D eigenvalue weighted by Crippen LogP contribution is -1.88. The summed E-state index contributed by atoms with van der Waals surface area (Å²) in [5.41, 5.74) is 6.89. The van der Waals surface area contributed by atoms with Crippen LogP contribution in [0, 0.1) is 0 Å². The van der Waals surface area contributed by atoms with Crippen LogP contribution in [0.2, 0.25) is 0 Å². The highest BCUT2D eigenvalue weighted by atomic mass is 14.6. The van der Waals surface area contributed by atoms with E-state index in [0.29, 0.717) is 0 Å². The first-order valence-corrected chi connectivity index (χ1v) is 8.23. The maximum absolute atomic E-state index is 4.12. The molecule has 2 nitrogen and oxygen atoms in total. The van der Waals surface area contributed by atoms with E-state index in [1.807, 2.05) is 74.2 Å². The Morgan fingerprint density at radius 2 is 1.32 bits per heavy atom. The third-order valence-electron chi connectivity index (χ3n) is 3.94. The molecule has 122 valence electrons. The first kappa shape index (κ1) is 16.6. The van der Waals surface area contributed by atoms with Gasteiger partial charge in [-0.15, -0.1) is 0 Å². The predicted octanol–water partition coefficient (Wildman–Crippen LogP) is 5.96. The molecule has 0 aliphatic heterocycles. The average Bonchev–Trinajstić information content (AvgIpc) is 2.69. The van der Waals surface area contributed by atoms with E-state index < -0.39 is 0 Å². The monoisotopic (exact) mass is 324 g/mol. The van der Waals surface area contributed by atoms with Crippen LogP contribution in [0.4, 0.5) is 0 Å². The molecule has 2 aromatic heterocycles. The lowest BCUT2D eigenvalue weighted by atomic mass is 9.93. The van der Waals surface area contributed by atoms with E-state index in [4.69, 9.17) is 0 Å². The van der Waals surface area contributed by atoms with Crippen LogP contribution in [0.1, 0.15) is 12.5 Å². The molecule has 0 aliphatic rings. The minimum Gasteiger partial charge on any atom is -0.265 e.